The van der Waals surface area contributed by atoms with Crippen molar-refractivity contribution in [1.29, 1.82) is 0 Å². The number of rotatable bonds is 13. The monoisotopic (exact) mass is 299 g/mol. The zero-order valence-corrected chi connectivity index (χ0v) is 14.3. The minimum atomic E-state index is 0.0939. The molecule has 0 rings (SSSR count). The summed E-state index contributed by atoms with van der Waals surface area (Å²) in [6, 6.07) is 0. The summed E-state index contributed by atoms with van der Waals surface area (Å²) in [7, 11) is 0. The second kappa shape index (κ2) is 19.1. The van der Waals surface area contributed by atoms with Crippen molar-refractivity contribution >= 4 is 5.91 Å². The van der Waals surface area contributed by atoms with Crippen LogP contribution in [0, 0.1) is 0 Å². The number of amides is 1. The van der Waals surface area contributed by atoms with Crippen molar-refractivity contribution in [3.8, 4) is 0 Å². The van der Waals surface area contributed by atoms with E-state index in [9.17, 15) is 4.79 Å². The normalized spacial score (nSPS) is 9.71. The Balaban J connectivity index is 0. The molecule has 0 aliphatic heterocycles. The van der Waals surface area contributed by atoms with E-state index >= 15 is 0 Å². The Bertz CT molecular complexity index is 232. The van der Waals surface area contributed by atoms with Gasteiger partial charge in [0.2, 0.25) is 5.91 Å². The average molecular weight is 300 g/mol. The standard InChI is InChI=1S/C17H33NO.H4N2/c1-4-7-9-10-11-12-13-14-16-18(15-8-5-2)17(19)6-3;1-2/h6H,3-5,7-16H2,1-2H3;1-2H2. The van der Waals surface area contributed by atoms with E-state index in [1.54, 1.807) is 0 Å². The Morgan fingerprint density at radius 1 is 0.857 bits per heavy atom. The summed E-state index contributed by atoms with van der Waals surface area (Å²) in [6.45, 7) is 9.79. The fraction of sp³-hybridized carbons (Fsp3) is 0.824. The lowest BCUT2D eigenvalue weighted by Gasteiger charge is -2.20. The molecule has 0 unspecified atom stereocenters. The number of hydrazine groups is 1. The van der Waals surface area contributed by atoms with Crippen LogP contribution in [0.5, 0.6) is 0 Å². The van der Waals surface area contributed by atoms with Crippen molar-refractivity contribution in [3.63, 3.8) is 0 Å². The quantitative estimate of drug-likeness (QED) is 0.235. The Labute approximate surface area is 131 Å². The molecule has 0 aromatic heterocycles. The Hall–Kier alpha value is -0.870. The third-order valence-corrected chi connectivity index (χ3v) is 3.55. The van der Waals surface area contributed by atoms with Crippen molar-refractivity contribution in [3.05, 3.63) is 12.7 Å². The molecule has 0 bridgehead atoms. The van der Waals surface area contributed by atoms with E-state index < -0.39 is 0 Å². The molecule has 0 atom stereocenters. The zero-order valence-electron chi connectivity index (χ0n) is 14.3. The van der Waals surface area contributed by atoms with Gasteiger partial charge in [-0.1, -0.05) is 71.8 Å². The van der Waals surface area contributed by atoms with Crippen LogP contribution < -0.4 is 11.7 Å². The van der Waals surface area contributed by atoms with Crippen LogP contribution in [0.15, 0.2) is 12.7 Å². The SMILES string of the molecule is C=CC(=O)N(CCCC)CCCCCCCCCC.NN. The van der Waals surface area contributed by atoms with Crippen molar-refractivity contribution in [1.82, 2.24) is 4.90 Å². The van der Waals surface area contributed by atoms with E-state index in [-0.39, 0.29) is 5.91 Å². The van der Waals surface area contributed by atoms with Crippen LogP contribution >= 0.6 is 0 Å². The molecule has 0 aromatic rings. The highest BCUT2D eigenvalue weighted by atomic mass is 16.2. The maximum atomic E-state index is 11.7. The number of carbonyl (C=O) groups excluding carboxylic acids is 1. The first kappa shape index (κ1) is 22.4. The second-order valence-electron chi connectivity index (χ2n) is 5.36. The van der Waals surface area contributed by atoms with Crippen molar-refractivity contribution in [2.45, 2.75) is 78.1 Å². The van der Waals surface area contributed by atoms with Gasteiger partial charge < -0.3 is 4.90 Å². The molecule has 21 heavy (non-hydrogen) atoms. The molecule has 0 aliphatic rings. The van der Waals surface area contributed by atoms with Gasteiger partial charge in [-0.2, -0.15) is 0 Å². The van der Waals surface area contributed by atoms with Crippen LogP contribution in [0.25, 0.3) is 0 Å². The molecule has 0 heterocycles. The first-order chi connectivity index (χ1) is 10.3. The first-order valence-corrected chi connectivity index (χ1v) is 8.50. The van der Waals surface area contributed by atoms with Gasteiger partial charge in [-0.25, -0.2) is 0 Å². The lowest BCUT2D eigenvalue weighted by molar-refractivity contribution is -0.126. The van der Waals surface area contributed by atoms with Gasteiger partial charge in [-0.3, -0.25) is 16.5 Å². The van der Waals surface area contributed by atoms with Gasteiger partial charge >= 0.3 is 0 Å². The predicted octanol–water partition coefficient (Wildman–Crippen LogP) is 3.76. The van der Waals surface area contributed by atoms with Gasteiger partial charge in [0.15, 0.2) is 0 Å². The Morgan fingerprint density at radius 3 is 1.76 bits per heavy atom. The molecule has 126 valence electrons. The molecule has 0 saturated carbocycles. The van der Waals surface area contributed by atoms with Crippen molar-refractivity contribution in [2.24, 2.45) is 11.7 Å². The molecule has 0 aromatic carbocycles. The number of unbranched alkanes of at least 4 members (excludes halogenated alkanes) is 8. The molecule has 0 fully saturated rings. The largest absolute Gasteiger partial charge is 0.339 e. The Morgan fingerprint density at radius 2 is 1.29 bits per heavy atom. The number of nitrogens with two attached hydrogens (primary N) is 2. The summed E-state index contributed by atoms with van der Waals surface area (Å²) < 4.78 is 0. The average Bonchev–Trinajstić information content (AvgIpc) is 2.54. The van der Waals surface area contributed by atoms with Crippen LogP contribution in [-0.2, 0) is 4.79 Å². The maximum Gasteiger partial charge on any atom is 0.245 e. The molecular weight excluding hydrogens is 262 g/mol. The second-order valence-corrected chi connectivity index (χ2v) is 5.36. The lowest BCUT2D eigenvalue weighted by atomic mass is 10.1. The minimum Gasteiger partial charge on any atom is -0.339 e. The van der Waals surface area contributed by atoms with Gasteiger partial charge in [-0.15, -0.1) is 0 Å². The van der Waals surface area contributed by atoms with Crippen molar-refractivity contribution < 1.29 is 4.79 Å². The fourth-order valence-corrected chi connectivity index (χ4v) is 2.25. The number of carbonyl (C=O) groups is 1. The topological polar surface area (TPSA) is 72.3 Å². The zero-order chi connectivity index (χ0) is 16.3. The van der Waals surface area contributed by atoms with Crippen LogP contribution in [0.3, 0.4) is 0 Å². The number of hydrogen-bond donors (Lipinski definition) is 2. The smallest absolute Gasteiger partial charge is 0.245 e. The van der Waals surface area contributed by atoms with Gasteiger partial charge in [0.25, 0.3) is 0 Å². The van der Waals surface area contributed by atoms with Gasteiger partial charge in [0.05, 0.1) is 0 Å². The van der Waals surface area contributed by atoms with Crippen LogP contribution in [0.2, 0.25) is 0 Å². The third kappa shape index (κ3) is 15.3. The third-order valence-electron chi connectivity index (χ3n) is 3.55. The molecule has 0 radical (unpaired) electrons. The Kier molecular flexibility index (Phi) is 20.4. The molecule has 0 spiro atoms. The number of nitrogens with zero attached hydrogens (tertiary/aromatic N) is 1. The summed E-state index contributed by atoms with van der Waals surface area (Å²) in [5.74, 6) is 8.09. The van der Waals surface area contributed by atoms with E-state index in [1.807, 2.05) is 4.90 Å². The number of hydrogen-bond acceptors (Lipinski definition) is 3. The highest BCUT2D eigenvalue weighted by Crippen LogP contribution is 2.09. The van der Waals surface area contributed by atoms with Crippen LogP contribution in [0.4, 0.5) is 0 Å². The van der Waals surface area contributed by atoms with Crippen LogP contribution in [0.1, 0.15) is 78.1 Å². The van der Waals surface area contributed by atoms with Gasteiger partial charge in [-0.05, 0) is 18.9 Å². The van der Waals surface area contributed by atoms with E-state index in [0.29, 0.717) is 0 Å². The molecule has 4 nitrogen and oxygen atoms in total. The van der Waals surface area contributed by atoms with Gasteiger partial charge in [0, 0.05) is 13.1 Å². The van der Waals surface area contributed by atoms with Gasteiger partial charge in [0.1, 0.15) is 0 Å². The molecule has 0 saturated heterocycles. The minimum absolute atomic E-state index is 0.0939. The maximum absolute atomic E-state index is 11.7. The van der Waals surface area contributed by atoms with Crippen molar-refractivity contribution in [2.75, 3.05) is 13.1 Å². The molecule has 1 amide bonds. The summed E-state index contributed by atoms with van der Waals surface area (Å²) >= 11 is 0. The molecule has 0 aliphatic carbocycles. The molecular formula is C17H37N3O. The van der Waals surface area contributed by atoms with E-state index in [2.05, 4.69) is 32.1 Å². The highest BCUT2D eigenvalue weighted by molar-refractivity contribution is 5.86. The first-order valence-electron chi connectivity index (χ1n) is 8.50. The summed E-state index contributed by atoms with van der Waals surface area (Å²) in [5.41, 5.74) is 0. The van der Waals surface area contributed by atoms with Crippen LogP contribution in [-0.4, -0.2) is 23.9 Å². The van der Waals surface area contributed by atoms with E-state index in [1.165, 1.54) is 51.0 Å². The summed E-state index contributed by atoms with van der Waals surface area (Å²) in [5, 5.41) is 0. The van der Waals surface area contributed by atoms with E-state index in [0.717, 1.165) is 32.4 Å². The predicted molar refractivity (Wildman–Crippen MR) is 92.7 cm³/mol. The lowest BCUT2D eigenvalue weighted by Crippen LogP contribution is -2.31. The van der Waals surface area contributed by atoms with E-state index in [4.69, 9.17) is 0 Å². The fourth-order valence-electron chi connectivity index (χ4n) is 2.25. The molecule has 4 N–H and O–H groups in total. The summed E-state index contributed by atoms with van der Waals surface area (Å²) in [4.78, 5) is 13.6. The summed E-state index contributed by atoms with van der Waals surface area (Å²) in [6.07, 6.45) is 14.2. The molecule has 4 heteroatoms. The highest BCUT2D eigenvalue weighted by Gasteiger charge is 2.08.